The van der Waals surface area contributed by atoms with Crippen LogP contribution in [0.1, 0.15) is 33.6 Å². The first kappa shape index (κ1) is 14.6. The first-order chi connectivity index (χ1) is 10.6. The fourth-order valence-electron chi connectivity index (χ4n) is 2.50. The zero-order valence-electron chi connectivity index (χ0n) is 11.6. The van der Waals surface area contributed by atoms with Crippen molar-refractivity contribution in [2.24, 2.45) is 5.41 Å². The molecule has 1 fully saturated rings. The van der Waals surface area contributed by atoms with E-state index in [1.807, 2.05) is 6.07 Å². The van der Waals surface area contributed by atoms with E-state index in [1.165, 1.54) is 12.1 Å². The first-order valence-electron chi connectivity index (χ1n) is 6.78. The lowest BCUT2D eigenvalue weighted by Crippen LogP contribution is -2.41. The van der Waals surface area contributed by atoms with Crippen LogP contribution in [0.3, 0.4) is 0 Å². The van der Waals surface area contributed by atoms with Crippen molar-refractivity contribution in [3.8, 4) is 6.07 Å². The van der Waals surface area contributed by atoms with Gasteiger partial charge in [-0.15, -0.1) is 0 Å². The third kappa shape index (κ3) is 2.16. The quantitative estimate of drug-likeness (QED) is 0.773. The molecule has 1 saturated heterocycles. The Balaban J connectivity index is 1.83. The van der Waals surface area contributed by atoms with Crippen molar-refractivity contribution in [3.05, 3.63) is 35.4 Å². The molecule has 0 bridgehead atoms. The van der Waals surface area contributed by atoms with Crippen molar-refractivity contribution in [1.82, 2.24) is 5.06 Å². The van der Waals surface area contributed by atoms with Crippen LogP contribution in [0.5, 0.6) is 0 Å². The van der Waals surface area contributed by atoms with Gasteiger partial charge in [0.15, 0.2) is 5.41 Å². The van der Waals surface area contributed by atoms with Crippen LogP contribution in [0.15, 0.2) is 24.3 Å². The molecule has 0 aromatic heterocycles. The lowest BCUT2D eigenvalue weighted by atomic mass is 9.84. The number of hydrogen-bond acceptors (Lipinski definition) is 6. The van der Waals surface area contributed by atoms with Crippen LogP contribution in [0.4, 0.5) is 0 Å². The zero-order valence-corrected chi connectivity index (χ0v) is 12.4. The number of hydrogen-bond donors (Lipinski definition) is 0. The molecule has 112 valence electrons. The lowest BCUT2D eigenvalue weighted by molar-refractivity contribution is -0.178. The smallest absolute Gasteiger partial charge is 0.328 e. The minimum atomic E-state index is -1.28. The third-order valence-corrected chi connectivity index (χ3v) is 4.87. The molecule has 2 aliphatic rings. The van der Waals surface area contributed by atoms with Crippen molar-refractivity contribution < 1.29 is 19.2 Å². The maximum Gasteiger partial charge on any atom is 0.353 e. The number of imide groups is 1. The second kappa shape index (κ2) is 5.46. The van der Waals surface area contributed by atoms with E-state index in [0.717, 1.165) is 0 Å². The fraction of sp³-hybridized carbons (Fsp3) is 0.333. The number of amides is 2. The molecule has 3 rings (SSSR count). The van der Waals surface area contributed by atoms with E-state index in [2.05, 4.69) is 0 Å². The Morgan fingerprint density at radius 1 is 1.18 bits per heavy atom. The molecule has 1 aromatic carbocycles. The Bertz CT molecular complexity index is 669. The van der Waals surface area contributed by atoms with Gasteiger partial charge < -0.3 is 4.84 Å². The van der Waals surface area contributed by atoms with E-state index < -0.39 is 23.2 Å². The molecule has 0 saturated carbocycles. The van der Waals surface area contributed by atoms with Gasteiger partial charge in [0.05, 0.1) is 17.2 Å². The molecule has 7 heteroatoms. The van der Waals surface area contributed by atoms with E-state index in [1.54, 1.807) is 23.9 Å². The predicted molar refractivity (Wildman–Crippen MR) is 77.6 cm³/mol. The van der Waals surface area contributed by atoms with E-state index in [0.29, 0.717) is 29.4 Å². The highest BCUT2D eigenvalue weighted by molar-refractivity contribution is 7.99. The number of carbonyl (C=O) groups is 3. The van der Waals surface area contributed by atoms with Crippen LogP contribution >= 0.6 is 11.8 Å². The predicted octanol–water partition coefficient (Wildman–Crippen LogP) is 1.78. The van der Waals surface area contributed by atoms with Gasteiger partial charge in [0.2, 0.25) is 0 Å². The number of rotatable bonds is 2. The molecule has 0 aliphatic carbocycles. The van der Waals surface area contributed by atoms with Gasteiger partial charge in [0.25, 0.3) is 11.8 Å². The molecule has 2 heterocycles. The average Bonchev–Trinajstić information content (AvgIpc) is 2.81. The molecular formula is C15H12N2O4S. The Labute approximate surface area is 131 Å². The normalized spacial score (nSPS) is 19.5. The Kier molecular flexibility index (Phi) is 3.62. The maximum absolute atomic E-state index is 12.3. The minimum Gasteiger partial charge on any atom is -0.328 e. The minimum absolute atomic E-state index is 0.200. The largest absolute Gasteiger partial charge is 0.353 e. The summed E-state index contributed by atoms with van der Waals surface area (Å²) in [5.41, 5.74) is -0.878. The summed E-state index contributed by atoms with van der Waals surface area (Å²) >= 11 is 1.66. The van der Waals surface area contributed by atoms with E-state index >= 15 is 0 Å². The topological polar surface area (TPSA) is 87.5 Å². The summed E-state index contributed by atoms with van der Waals surface area (Å²) in [6.07, 6.45) is 0.715. The molecule has 0 unspecified atom stereocenters. The van der Waals surface area contributed by atoms with E-state index in [9.17, 15) is 19.6 Å². The summed E-state index contributed by atoms with van der Waals surface area (Å²) < 4.78 is 0. The number of nitriles is 1. The molecule has 22 heavy (non-hydrogen) atoms. The summed E-state index contributed by atoms with van der Waals surface area (Å²) in [4.78, 5) is 41.7. The lowest BCUT2D eigenvalue weighted by Gasteiger charge is -2.28. The molecule has 0 N–H and O–H groups in total. The van der Waals surface area contributed by atoms with Crippen LogP contribution in [-0.4, -0.2) is 34.4 Å². The fourth-order valence-corrected chi connectivity index (χ4v) is 3.69. The SMILES string of the molecule is N#CC1(C(=O)ON2C(=O)c3ccccc3C2=O)CCSCC1. The van der Waals surface area contributed by atoms with E-state index in [4.69, 9.17) is 4.84 Å². The van der Waals surface area contributed by atoms with Crippen molar-refractivity contribution in [1.29, 1.82) is 5.26 Å². The number of thioether (sulfide) groups is 1. The molecule has 1 aromatic rings. The van der Waals surface area contributed by atoms with Gasteiger partial charge >= 0.3 is 5.97 Å². The van der Waals surface area contributed by atoms with Crippen LogP contribution in [0.25, 0.3) is 0 Å². The van der Waals surface area contributed by atoms with Crippen molar-refractivity contribution in [2.75, 3.05) is 11.5 Å². The second-order valence-electron chi connectivity index (χ2n) is 5.14. The number of hydroxylamine groups is 2. The highest BCUT2D eigenvalue weighted by Crippen LogP contribution is 2.36. The summed E-state index contributed by atoms with van der Waals surface area (Å²) in [5.74, 6) is -0.834. The summed E-state index contributed by atoms with van der Waals surface area (Å²) in [5, 5.41) is 9.81. The monoisotopic (exact) mass is 316 g/mol. The van der Waals surface area contributed by atoms with Gasteiger partial charge in [-0.3, -0.25) is 9.59 Å². The summed E-state index contributed by atoms with van der Waals surface area (Å²) in [7, 11) is 0. The van der Waals surface area contributed by atoms with Crippen LogP contribution in [0, 0.1) is 16.7 Å². The van der Waals surface area contributed by atoms with Crippen LogP contribution < -0.4 is 0 Å². The van der Waals surface area contributed by atoms with Crippen molar-refractivity contribution >= 4 is 29.5 Å². The van der Waals surface area contributed by atoms with Crippen molar-refractivity contribution in [2.45, 2.75) is 12.8 Å². The van der Waals surface area contributed by atoms with Gasteiger partial charge in [-0.2, -0.15) is 17.0 Å². The van der Waals surface area contributed by atoms with Gasteiger partial charge in [0.1, 0.15) is 0 Å². The molecule has 2 aliphatic heterocycles. The van der Waals surface area contributed by atoms with Gasteiger partial charge in [-0.1, -0.05) is 17.2 Å². The molecule has 0 atom stereocenters. The Hall–Kier alpha value is -2.33. The van der Waals surface area contributed by atoms with Crippen molar-refractivity contribution in [3.63, 3.8) is 0 Å². The first-order valence-corrected chi connectivity index (χ1v) is 7.94. The summed E-state index contributed by atoms with van der Waals surface area (Å²) in [6.45, 7) is 0. The summed E-state index contributed by atoms with van der Waals surface area (Å²) in [6, 6.07) is 8.27. The van der Waals surface area contributed by atoms with Gasteiger partial charge in [-0.05, 0) is 36.5 Å². The molecule has 2 amide bonds. The standard InChI is InChI=1S/C15H12N2O4S/c16-9-15(5-7-22-8-6-15)14(20)21-17-12(18)10-3-1-2-4-11(10)13(17)19/h1-4H,5-8H2. The van der Waals surface area contributed by atoms with Crippen LogP contribution in [0.2, 0.25) is 0 Å². The number of carbonyl (C=O) groups excluding carboxylic acids is 3. The third-order valence-electron chi connectivity index (χ3n) is 3.88. The number of benzene rings is 1. The molecule has 0 spiro atoms. The molecule has 0 radical (unpaired) electrons. The van der Waals surface area contributed by atoms with Gasteiger partial charge in [-0.25, -0.2) is 4.79 Å². The maximum atomic E-state index is 12.3. The number of fused-ring (bicyclic) bond motifs is 1. The van der Waals surface area contributed by atoms with E-state index in [-0.39, 0.29) is 11.1 Å². The average molecular weight is 316 g/mol. The Morgan fingerprint density at radius 3 is 2.23 bits per heavy atom. The second-order valence-corrected chi connectivity index (χ2v) is 6.36. The highest BCUT2D eigenvalue weighted by atomic mass is 32.2. The Morgan fingerprint density at radius 2 is 1.73 bits per heavy atom. The molecule has 6 nitrogen and oxygen atoms in total. The molecular weight excluding hydrogens is 304 g/mol. The van der Waals surface area contributed by atoms with Gasteiger partial charge in [0, 0.05) is 0 Å². The number of nitrogens with zero attached hydrogens (tertiary/aromatic N) is 2. The van der Waals surface area contributed by atoms with Crippen LogP contribution in [-0.2, 0) is 9.63 Å². The zero-order chi connectivity index (χ0) is 15.7. The highest BCUT2D eigenvalue weighted by Gasteiger charge is 2.46.